The number of hydrogen-bond acceptors (Lipinski definition) is 1. The summed E-state index contributed by atoms with van der Waals surface area (Å²) in [6.07, 6.45) is 1.88. The van der Waals surface area contributed by atoms with E-state index in [4.69, 9.17) is 0 Å². The molecule has 1 rings (SSSR count). The largest absolute Gasteiger partial charge is 0.328 e. The van der Waals surface area contributed by atoms with E-state index in [1.165, 1.54) is 4.90 Å². The maximum absolute atomic E-state index is 11.3. The van der Waals surface area contributed by atoms with Gasteiger partial charge in [0.25, 0.3) is 0 Å². The van der Waals surface area contributed by atoms with Crippen molar-refractivity contribution in [2.45, 2.75) is 6.92 Å². The molecule has 0 aromatic rings. The quantitative estimate of drug-likeness (QED) is 0.514. The summed E-state index contributed by atoms with van der Waals surface area (Å²) >= 11 is 0. The predicted molar refractivity (Wildman–Crippen MR) is 43.8 cm³/mol. The van der Waals surface area contributed by atoms with Crippen LogP contribution in [0.1, 0.15) is 6.92 Å². The molecular formula is C8H12N2O. The number of rotatable bonds is 0. The van der Waals surface area contributed by atoms with Crippen LogP contribution in [0.2, 0.25) is 0 Å². The Hall–Kier alpha value is -1.25. The highest BCUT2D eigenvalue weighted by Gasteiger charge is 2.21. The summed E-state index contributed by atoms with van der Waals surface area (Å²) < 4.78 is 0. The Morgan fingerprint density at radius 1 is 1.36 bits per heavy atom. The van der Waals surface area contributed by atoms with Gasteiger partial charge in [-0.2, -0.15) is 0 Å². The maximum Gasteiger partial charge on any atom is 0.328 e. The van der Waals surface area contributed by atoms with Crippen LogP contribution in [0, 0.1) is 0 Å². The minimum Gasteiger partial charge on any atom is -0.301 e. The molecule has 3 nitrogen and oxygen atoms in total. The number of likely N-dealkylation sites (N-methyl/N-ethyl adjacent to an activating group) is 1. The molecule has 60 valence electrons. The van der Waals surface area contributed by atoms with Crippen molar-refractivity contribution in [3.63, 3.8) is 0 Å². The van der Waals surface area contributed by atoms with Crippen molar-refractivity contribution in [3.8, 4) is 0 Å². The van der Waals surface area contributed by atoms with Crippen LogP contribution in [-0.2, 0) is 0 Å². The van der Waals surface area contributed by atoms with Crippen LogP contribution in [0.5, 0.6) is 0 Å². The number of hydrogen-bond donors (Lipinski definition) is 0. The zero-order valence-corrected chi connectivity index (χ0v) is 7.09. The molecule has 2 amide bonds. The van der Waals surface area contributed by atoms with Gasteiger partial charge in [0, 0.05) is 25.5 Å². The topological polar surface area (TPSA) is 23.6 Å². The Kier molecular flexibility index (Phi) is 1.72. The van der Waals surface area contributed by atoms with Gasteiger partial charge in [0.05, 0.1) is 0 Å². The first-order valence-corrected chi connectivity index (χ1v) is 3.42. The molecule has 0 radical (unpaired) electrons. The zero-order valence-electron chi connectivity index (χ0n) is 7.09. The molecule has 1 aliphatic rings. The lowest BCUT2D eigenvalue weighted by atomic mass is 10.3. The first-order valence-electron chi connectivity index (χ1n) is 3.42. The predicted octanol–water partition coefficient (Wildman–Crippen LogP) is 1.40. The molecule has 1 heterocycles. The zero-order chi connectivity index (χ0) is 8.59. The highest BCUT2D eigenvalue weighted by molar-refractivity contribution is 5.79. The molecule has 3 heteroatoms. The van der Waals surface area contributed by atoms with Crippen molar-refractivity contribution in [2.75, 3.05) is 14.1 Å². The molecule has 0 unspecified atom stereocenters. The van der Waals surface area contributed by atoms with Gasteiger partial charge in [-0.3, -0.25) is 4.90 Å². The van der Waals surface area contributed by atoms with E-state index in [2.05, 4.69) is 6.58 Å². The normalized spacial score (nSPS) is 19.0. The van der Waals surface area contributed by atoms with Gasteiger partial charge in [0.2, 0.25) is 0 Å². The van der Waals surface area contributed by atoms with Gasteiger partial charge in [-0.1, -0.05) is 6.58 Å². The Morgan fingerprint density at radius 2 is 1.91 bits per heavy atom. The smallest absolute Gasteiger partial charge is 0.301 e. The Morgan fingerprint density at radius 3 is 2.45 bits per heavy atom. The van der Waals surface area contributed by atoms with Gasteiger partial charge >= 0.3 is 6.03 Å². The van der Waals surface area contributed by atoms with Gasteiger partial charge in [0.1, 0.15) is 0 Å². The third-order valence-electron chi connectivity index (χ3n) is 1.91. The number of amides is 2. The van der Waals surface area contributed by atoms with Crippen molar-refractivity contribution in [3.05, 3.63) is 24.0 Å². The molecule has 0 aliphatic carbocycles. The van der Waals surface area contributed by atoms with E-state index in [-0.39, 0.29) is 6.03 Å². The molecule has 0 fully saturated rings. The summed E-state index contributed by atoms with van der Waals surface area (Å²) in [5, 5.41) is 0. The molecular weight excluding hydrogens is 140 g/mol. The summed E-state index contributed by atoms with van der Waals surface area (Å²) in [5.41, 5.74) is 1.67. The van der Waals surface area contributed by atoms with E-state index in [1.807, 2.05) is 13.0 Å². The summed E-state index contributed by atoms with van der Waals surface area (Å²) in [7, 11) is 3.46. The number of urea groups is 1. The summed E-state index contributed by atoms with van der Waals surface area (Å²) in [6.45, 7) is 5.62. The molecule has 0 saturated heterocycles. The van der Waals surface area contributed by atoms with E-state index in [9.17, 15) is 4.79 Å². The van der Waals surface area contributed by atoms with Crippen molar-refractivity contribution in [1.82, 2.24) is 9.80 Å². The molecule has 0 saturated carbocycles. The lowest BCUT2D eigenvalue weighted by Crippen LogP contribution is -2.40. The van der Waals surface area contributed by atoms with Crippen LogP contribution in [-0.4, -0.2) is 29.9 Å². The maximum atomic E-state index is 11.3. The minimum absolute atomic E-state index is 0.0324. The van der Waals surface area contributed by atoms with Gasteiger partial charge < -0.3 is 4.90 Å². The van der Waals surface area contributed by atoms with Crippen molar-refractivity contribution in [2.24, 2.45) is 0 Å². The highest BCUT2D eigenvalue weighted by atomic mass is 16.2. The molecule has 0 aromatic carbocycles. The van der Waals surface area contributed by atoms with Crippen molar-refractivity contribution < 1.29 is 4.79 Å². The average Bonchev–Trinajstić information content (AvgIpc) is 1.97. The van der Waals surface area contributed by atoms with E-state index in [0.717, 1.165) is 11.4 Å². The van der Waals surface area contributed by atoms with Crippen LogP contribution in [0.3, 0.4) is 0 Å². The summed E-state index contributed by atoms with van der Waals surface area (Å²) in [6, 6.07) is -0.0324. The molecule has 11 heavy (non-hydrogen) atoms. The highest BCUT2D eigenvalue weighted by Crippen LogP contribution is 2.16. The number of carbonyl (C=O) groups is 1. The van der Waals surface area contributed by atoms with Crippen LogP contribution in [0.4, 0.5) is 4.79 Å². The fourth-order valence-electron chi connectivity index (χ4n) is 0.933. The van der Waals surface area contributed by atoms with Crippen LogP contribution < -0.4 is 0 Å². The van der Waals surface area contributed by atoms with Crippen LogP contribution >= 0.6 is 0 Å². The third-order valence-corrected chi connectivity index (χ3v) is 1.91. The molecule has 0 bridgehead atoms. The van der Waals surface area contributed by atoms with Gasteiger partial charge in [0.15, 0.2) is 0 Å². The van der Waals surface area contributed by atoms with Gasteiger partial charge in [-0.25, -0.2) is 4.79 Å². The average molecular weight is 152 g/mol. The summed E-state index contributed by atoms with van der Waals surface area (Å²) in [4.78, 5) is 14.4. The molecule has 1 aliphatic heterocycles. The van der Waals surface area contributed by atoms with Crippen molar-refractivity contribution in [1.29, 1.82) is 0 Å². The molecule has 0 atom stereocenters. The van der Waals surface area contributed by atoms with Gasteiger partial charge in [-0.15, -0.1) is 0 Å². The van der Waals surface area contributed by atoms with Crippen LogP contribution in [0.15, 0.2) is 24.0 Å². The number of carbonyl (C=O) groups excluding carboxylic acids is 1. The van der Waals surface area contributed by atoms with E-state index in [1.54, 1.807) is 19.0 Å². The standard InChI is InChI=1S/C8H12N2O/c1-6-5-7(2)10(4)8(11)9(6)3/h5H,1H2,2-4H3. The van der Waals surface area contributed by atoms with E-state index >= 15 is 0 Å². The Bertz CT molecular complexity index is 242. The Balaban J connectivity index is 3.01. The number of allylic oxidation sites excluding steroid dienone is 2. The SMILES string of the molecule is C=C1C=C(C)N(C)C(=O)N1C. The van der Waals surface area contributed by atoms with E-state index < -0.39 is 0 Å². The second-order valence-electron chi connectivity index (χ2n) is 2.68. The van der Waals surface area contributed by atoms with E-state index in [0.29, 0.717) is 0 Å². The summed E-state index contributed by atoms with van der Waals surface area (Å²) in [5.74, 6) is 0. The lowest BCUT2D eigenvalue weighted by Gasteiger charge is -2.30. The fraction of sp³-hybridized carbons (Fsp3) is 0.375. The monoisotopic (exact) mass is 152 g/mol. The number of nitrogens with zero attached hydrogens (tertiary/aromatic N) is 2. The fourth-order valence-corrected chi connectivity index (χ4v) is 0.933. The molecule has 0 spiro atoms. The van der Waals surface area contributed by atoms with Crippen molar-refractivity contribution >= 4 is 6.03 Å². The lowest BCUT2D eigenvalue weighted by molar-refractivity contribution is 0.191. The Labute approximate surface area is 66.6 Å². The first kappa shape index (κ1) is 7.85. The minimum atomic E-state index is -0.0324. The molecule has 0 N–H and O–H groups in total. The molecule has 0 aromatic heterocycles. The third kappa shape index (κ3) is 1.13. The van der Waals surface area contributed by atoms with Crippen LogP contribution in [0.25, 0.3) is 0 Å². The second-order valence-corrected chi connectivity index (χ2v) is 2.68. The first-order chi connectivity index (χ1) is 5.04. The van der Waals surface area contributed by atoms with Gasteiger partial charge in [-0.05, 0) is 13.0 Å². The second kappa shape index (κ2) is 2.42.